The third kappa shape index (κ3) is 2.41. The van der Waals surface area contributed by atoms with Crippen molar-refractivity contribution in [2.24, 2.45) is 11.3 Å². The van der Waals surface area contributed by atoms with Gasteiger partial charge < -0.3 is 9.84 Å². The van der Waals surface area contributed by atoms with E-state index in [1.54, 1.807) is 0 Å². The Morgan fingerprint density at radius 1 is 1.22 bits per heavy atom. The molecule has 1 heterocycles. The van der Waals surface area contributed by atoms with Crippen molar-refractivity contribution in [1.82, 2.24) is 0 Å². The zero-order chi connectivity index (χ0) is 13.1. The summed E-state index contributed by atoms with van der Waals surface area (Å²) in [6.07, 6.45) is 7.62. The fraction of sp³-hybridized carbons (Fsp3) is 0.933. The van der Waals surface area contributed by atoms with Crippen molar-refractivity contribution in [1.29, 1.82) is 5.26 Å². The highest BCUT2D eigenvalue weighted by molar-refractivity contribution is 5.13. The number of hydrogen-bond acceptors (Lipinski definition) is 3. The Balaban J connectivity index is 2.05. The van der Waals surface area contributed by atoms with E-state index in [2.05, 4.69) is 13.0 Å². The van der Waals surface area contributed by atoms with Crippen molar-refractivity contribution in [3.8, 4) is 6.07 Å². The van der Waals surface area contributed by atoms with Gasteiger partial charge in [-0.3, -0.25) is 0 Å². The number of ether oxygens (including phenoxy) is 1. The van der Waals surface area contributed by atoms with Gasteiger partial charge in [0.2, 0.25) is 0 Å². The summed E-state index contributed by atoms with van der Waals surface area (Å²) in [4.78, 5) is 0. The van der Waals surface area contributed by atoms with Crippen LogP contribution in [0.1, 0.15) is 58.3 Å². The predicted octanol–water partition coefficient (Wildman–Crippen LogP) is 3.03. The molecule has 102 valence electrons. The second-order valence-electron chi connectivity index (χ2n) is 6.07. The molecule has 1 saturated carbocycles. The van der Waals surface area contributed by atoms with Crippen LogP contribution in [0, 0.1) is 22.7 Å². The Hall–Kier alpha value is -0.590. The van der Waals surface area contributed by atoms with Gasteiger partial charge in [0, 0.05) is 13.2 Å². The minimum Gasteiger partial charge on any atom is -0.388 e. The topological polar surface area (TPSA) is 53.2 Å². The molecule has 0 aromatic heterocycles. The van der Waals surface area contributed by atoms with Crippen molar-refractivity contribution >= 4 is 0 Å². The Morgan fingerprint density at radius 2 is 1.83 bits per heavy atom. The van der Waals surface area contributed by atoms with Crippen molar-refractivity contribution < 1.29 is 9.84 Å². The van der Waals surface area contributed by atoms with E-state index in [-0.39, 0.29) is 0 Å². The number of rotatable bonds is 3. The van der Waals surface area contributed by atoms with Gasteiger partial charge in [-0.15, -0.1) is 0 Å². The van der Waals surface area contributed by atoms with E-state index in [9.17, 15) is 10.4 Å². The molecule has 1 aliphatic heterocycles. The lowest BCUT2D eigenvalue weighted by Gasteiger charge is -2.48. The summed E-state index contributed by atoms with van der Waals surface area (Å²) in [6, 6.07) is 2.44. The van der Waals surface area contributed by atoms with Gasteiger partial charge in [0.05, 0.1) is 17.1 Å². The van der Waals surface area contributed by atoms with Crippen LogP contribution >= 0.6 is 0 Å². The maximum absolute atomic E-state index is 11.0. The van der Waals surface area contributed by atoms with Crippen molar-refractivity contribution in [3.63, 3.8) is 0 Å². The highest BCUT2D eigenvalue weighted by atomic mass is 16.5. The minimum atomic E-state index is -0.768. The van der Waals surface area contributed by atoms with Crippen LogP contribution in [0.15, 0.2) is 0 Å². The van der Waals surface area contributed by atoms with Crippen LogP contribution in [0.3, 0.4) is 0 Å². The molecule has 0 atom stereocenters. The second-order valence-corrected chi connectivity index (χ2v) is 6.07. The van der Waals surface area contributed by atoms with E-state index in [4.69, 9.17) is 4.74 Å². The molecule has 0 spiro atoms. The highest BCUT2D eigenvalue weighted by Crippen LogP contribution is 2.49. The number of nitrogens with zero attached hydrogens (tertiary/aromatic N) is 1. The quantitative estimate of drug-likeness (QED) is 0.838. The molecule has 0 radical (unpaired) electrons. The van der Waals surface area contributed by atoms with E-state index >= 15 is 0 Å². The van der Waals surface area contributed by atoms with Crippen LogP contribution in [-0.4, -0.2) is 23.9 Å². The van der Waals surface area contributed by atoms with Gasteiger partial charge in [0.15, 0.2) is 0 Å². The molecule has 3 nitrogen and oxygen atoms in total. The van der Waals surface area contributed by atoms with Crippen LogP contribution in [0.25, 0.3) is 0 Å². The van der Waals surface area contributed by atoms with Gasteiger partial charge in [0.25, 0.3) is 0 Å². The molecule has 0 aromatic rings. The fourth-order valence-electron chi connectivity index (χ4n) is 3.73. The van der Waals surface area contributed by atoms with E-state index in [0.29, 0.717) is 26.1 Å². The number of nitriles is 1. The Bertz CT molecular complexity index is 307. The summed E-state index contributed by atoms with van der Waals surface area (Å²) in [6.45, 7) is 3.46. The summed E-state index contributed by atoms with van der Waals surface area (Å²) < 4.78 is 5.36. The fourth-order valence-corrected chi connectivity index (χ4v) is 3.73. The standard InChI is InChI=1S/C15H25NO2/c1-2-3-13-4-6-15(17,7-5-13)14(12-16)8-10-18-11-9-14/h13,17H,2-11H2,1H3. The maximum Gasteiger partial charge on any atom is 0.0903 e. The Kier molecular flexibility index (Phi) is 4.29. The molecule has 1 aliphatic carbocycles. The molecule has 2 fully saturated rings. The number of hydrogen-bond donors (Lipinski definition) is 1. The second kappa shape index (κ2) is 5.59. The van der Waals surface area contributed by atoms with Gasteiger partial charge in [-0.25, -0.2) is 0 Å². The van der Waals surface area contributed by atoms with E-state index in [1.807, 2.05) is 0 Å². The van der Waals surface area contributed by atoms with E-state index < -0.39 is 11.0 Å². The van der Waals surface area contributed by atoms with Gasteiger partial charge in [-0.05, 0) is 44.4 Å². The molecular weight excluding hydrogens is 226 g/mol. The van der Waals surface area contributed by atoms with E-state index in [0.717, 1.165) is 31.6 Å². The van der Waals surface area contributed by atoms with Crippen LogP contribution in [0.5, 0.6) is 0 Å². The Labute approximate surface area is 110 Å². The summed E-state index contributed by atoms with van der Waals surface area (Å²) in [5, 5.41) is 20.5. The smallest absolute Gasteiger partial charge is 0.0903 e. The SMILES string of the molecule is CCCC1CCC(O)(C2(C#N)CCOCC2)CC1. The summed E-state index contributed by atoms with van der Waals surface area (Å²) >= 11 is 0. The first-order valence-electron chi connectivity index (χ1n) is 7.37. The van der Waals surface area contributed by atoms with Crippen LogP contribution < -0.4 is 0 Å². The predicted molar refractivity (Wildman–Crippen MR) is 69.9 cm³/mol. The maximum atomic E-state index is 11.0. The zero-order valence-corrected chi connectivity index (χ0v) is 11.5. The summed E-state index contributed by atoms with van der Waals surface area (Å²) in [5.41, 5.74) is -1.32. The largest absolute Gasteiger partial charge is 0.388 e. The van der Waals surface area contributed by atoms with Crippen molar-refractivity contribution in [3.05, 3.63) is 0 Å². The lowest BCUT2D eigenvalue weighted by Crippen LogP contribution is -2.52. The molecule has 2 aliphatic rings. The van der Waals surface area contributed by atoms with Gasteiger partial charge >= 0.3 is 0 Å². The monoisotopic (exact) mass is 251 g/mol. The molecular formula is C15H25NO2. The van der Waals surface area contributed by atoms with E-state index in [1.165, 1.54) is 12.8 Å². The summed E-state index contributed by atoms with van der Waals surface area (Å²) in [7, 11) is 0. The molecule has 0 amide bonds. The molecule has 3 heteroatoms. The molecule has 0 unspecified atom stereocenters. The molecule has 0 aromatic carbocycles. The molecule has 1 saturated heterocycles. The lowest BCUT2D eigenvalue weighted by molar-refractivity contribution is -0.128. The van der Waals surface area contributed by atoms with Gasteiger partial charge in [-0.1, -0.05) is 19.8 Å². The third-order valence-corrected chi connectivity index (χ3v) is 5.08. The van der Waals surface area contributed by atoms with Gasteiger partial charge in [0.1, 0.15) is 0 Å². The molecule has 1 N–H and O–H groups in total. The average molecular weight is 251 g/mol. The van der Waals surface area contributed by atoms with Crippen LogP contribution in [0.2, 0.25) is 0 Å². The van der Waals surface area contributed by atoms with Crippen molar-refractivity contribution in [2.75, 3.05) is 13.2 Å². The molecule has 0 bridgehead atoms. The first-order chi connectivity index (χ1) is 8.66. The lowest BCUT2D eigenvalue weighted by atomic mass is 9.60. The average Bonchev–Trinajstić information content (AvgIpc) is 2.42. The zero-order valence-electron chi connectivity index (χ0n) is 11.5. The summed E-state index contributed by atoms with van der Waals surface area (Å²) in [5.74, 6) is 0.755. The Morgan fingerprint density at radius 3 is 2.33 bits per heavy atom. The minimum absolute atomic E-state index is 0.553. The highest BCUT2D eigenvalue weighted by Gasteiger charge is 2.52. The third-order valence-electron chi connectivity index (χ3n) is 5.08. The van der Waals surface area contributed by atoms with Crippen LogP contribution in [0.4, 0.5) is 0 Å². The first-order valence-corrected chi connectivity index (χ1v) is 7.37. The van der Waals surface area contributed by atoms with Crippen LogP contribution in [-0.2, 0) is 4.74 Å². The number of aliphatic hydroxyl groups is 1. The molecule has 18 heavy (non-hydrogen) atoms. The van der Waals surface area contributed by atoms with Crippen molar-refractivity contribution in [2.45, 2.75) is 63.9 Å². The normalized spacial score (nSPS) is 35.9. The molecule has 2 rings (SSSR count). The first kappa shape index (κ1) is 13.8. The van der Waals surface area contributed by atoms with Gasteiger partial charge in [-0.2, -0.15) is 5.26 Å².